The lowest BCUT2D eigenvalue weighted by atomic mass is 10.1. The number of Topliss-reactive ketones (excluding diaryl/α,β-unsaturated/α-hetero) is 1. The Morgan fingerprint density at radius 3 is 2.86 bits per heavy atom. The Balaban J connectivity index is 2.23. The summed E-state index contributed by atoms with van der Waals surface area (Å²) in [5.74, 6) is 0.419. The maximum absolute atomic E-state index is 11.5. The second kappa shape index (κ2) is 2.68. The Labute approximate surface area is 79.9 Å². The minimum atomic E-state index is -0.0165. The third-order valence-corrected chi connectivity index (χ3v) is 2.26. The average Bonchev–Trinajstić information content (AvgIpc) is 2.62. The van der Waals surface area contributed by atoms with Crippen molar-refractivity contribution in [3.05, 3.63) is 17.1 Å². The molecule has 2 aliphatic heterocycles. The van der Waals surface area contributed by atoms with Crippen molar-refractivity contribution >= 4 is 17.8 Å². The van der Waals surface area contributed by atoms with Crippen LogP contribution in [0.25, 0.3) is 0 Å². The molecule has 5 nitrogen and oxygen atoms in total. The van der Waals surface area contributed by atoms with E-state index < -0.39 is 0 Å². The van der Waals surface area contributed by atoms with E-state index in [1.165, 1.54) is 0 Å². The zero-order valence-electron chi connectivity index (χ0n) is 7.36. The van der Waals surface area contributed by atoms with Gasteiger partial charge in [0.25, 0.3) is 0 Å². The van der Waals surface area contributed by atoms with E-state index in [2.05, 4.69) is 15.0 Å². The third-order valence-electron chi connectivity index (χ3n) is 2.26. The lowest BCUT2D eigenvalue weighted by Crippen LogP contribution is -2.11. The van der Waals surface area contributed by atoms with Gasteiger partial charge in [-0.1, -0.05) is 0 Å². The van der Waals surface area contributed by atoms with E-state index in [-0.39, 0.29) is 5.78 Å². The molecule has 0 amide bonds. The van der Waals surface area contributed by atoms with Crippen molar-refractivity contribution in [2.75, 3.05) is 0 Å². The number of aliphatic imine (C=N–C) groups is 1. The van der Waals surface area contributed by atoms with Crippen molar-refractivity contribution in [3.8, 4) is 0 Å². The molecule has 0 aliphatic carbocycles. The fourth-order valence-corrected chi connectivity index (χ4v) is 1.56. The van der Waals surface area contributed by atoms with Gasteiger partial charge in [-0.25, -0.2) is 15.0 Å². The molecule has 3 rings (SSSR count). The number of hydrogen-bond acceptors (Lipinski definition) is 5. The van der Waals surface area contributed by atoms with Crippen LogP contribution < -0.4 is 0 Å². The molecule has 2 aliphatic rings. The fourth-order valence-electron chi connectivity index (χ4n) is 1.56. The quantitative estimate of drug-likeness (QED) is 0.605. The Bertz CT molecular complexity index is 454. The van der Waals surface area contributed by atoms with Gasteiger partial charge in [0.1, 0.15) is 0 Å². The molecule has 0 saturated heterocycles. The maximum Gasteiger partial charge on any atom is 0.190 e. The van der Waals surface area contributed by atoms with Gasteiger partial charge in [-0.05, 0) is 0 Å². The summed E-state index contributed by atoms with van der Waals surface area (Å²) in [6, 6.07) is 0. The molecule has 1 aromatic rings. The molecule has 70 valence electrons. The molecule has 0 N–H and O–H groups in total. The Kier molecular flexibility index (Phi) is 1.49. The second-order valence-electron chi connectivity index (χ2n) is 3.22. The van der Waals surface area contributed by atoms with Crippen LogP contribution in [-0.2, 0) is 18.0 Å². The first-order valence-electron chi connectivity index (χ1n) is 4.38. The molecule has 1 aromatic heterocycles. The Morgan fingerprint density at radius 2 is 2.00 bits per heavy atom. The van der Waals surface area contributed by atoms with Crippen LogP contribution in [0, 0.1) is 0 Å². The summed E-state index contributed by atoms with van der Waals surface area (Å²) in [6.45, 7) is 0.923. The maximum atomic E-state index is 11.5. The van der Waals surface area contributed by atoms with E-state index in [9.17, 15) is 4.79 Å². The molecular weight excluding hydrogens is 182 g/mol. The topological polar surface area (TPSA) is 64.4 Å². The van der Waals surface area contributed by atoms with Crippen molar-refractivity contribution in [2.45, 2.75) is 19.6 Å². The van der Waals surface area contributed by atoms with Gasteiger partial charge in [0, 0.05) is 12.6 Å². The first-order chi connectivity index (χ1) is 6.84. The van der Waals surface area contributed by atoms with Crippen LogP contribution in [0.4, 0.5) is 5.82 Å². The van der Waals surface area contributed by atoms with Crippen LogP contribution in [0.2, 0.25) is 0 Å². The number of ether oxygens (including phenoxy) is 1. The van der Waals surface area contributed by atoms with Gasteiger partial charge >= 0.3 is 0 Å². The predicted molar refractivity (Wildman–Crippen MR) is 47.6 cm³/mol. The van der Waals surface area contributed by atoms with E-state index in [0.29, 0.717) is 31.1 Å². The van der Waals surface area contributed by atoms with Crippen LogP contribution >= 0.6 is 0 Å². The molecule has 0 atom stereocenters. The predicted octanol–water partition coefficient (Wildman–Crippen LogP) is 0.795. The van der Waals surface area contributed by atoms with Gasteiger partial charge in [-0.15, -0.1) is 0 Å². The molecule has 0 aromatic carbocycles. The van der Waals surface area contributed by atoms with Gasteiger partial charge in [0.05, 0.1) is 24.6 Å². The zero-order chi connectivity index (χ0) is 9.54. The standard InChI is InChI=1S/C9H7N3O2/c13-7-1-2-10-9-8(7)11-5-3-14-4-6(5)12-9/h2H,1,3-4H2. The normalized spacial score (nSPS) is 18.1. The van der Waals surface area contributed by atoms with Gasteiger partial charge in [-0.3, -0.25) is 4.79 Å². The van der Waals surface area contributed by atoms with Gasteiger partial charge in [-0.2, -0.15) is 0 Å². The van der Waals surface area contributed by atoms with E-state index in [1.807, 2.05) is 0 Å². The molecule has 0 unspecified atom stereocenters. The van der Waals surface area contributed by atoms with Crippen molar-refractivity contribution in [2.24, 2.45) is 4.99 Å². The number of nitrogens with zero attached hydrogens (tertiary/aromatic N) is 3. The lowest BCUT2D eigenvalue weighted by Gasteiger charge is -2.07. The van der Waals surface area contributed by atoms with Crippen LogP contribution in [0.15, 0.2) is 4.99 Å². The summed E-state index contributed by atoms with van der Waals surface area (Å²) in [7, 11) is 0. The number of carbonyl (C=O) groups excluding carboxylic acids is 1. The highest BCUT2D eigenvalue weighted by atomic mass is 16.5. The molecule has 3 heterocycles. The lowest BCUT2D eigenvalue weighted by molar-refractivity contribution is 0.0995. The smallest absolute Gasteiger partial charge is 0.190 e. The minimum Gasteiger partial charge on any atom is -0.369 e. The first kappa shape index (κ1) is 7.75. The number of aromatic nitrogens is 2. The second-order valence-corrected chi connectivity index (χ2v) is 3.22. The molecule has 14 heavy (non-hydrogen) atoms. The number of hydrogen-bond donors (Lipinski definition) is 0. The molecular formula is C9H7N3O2. The van der Waals surface area contributed by atoms with Crippen LogP contribution in [0.5, 0.6) is 0 Å². The number of rotatable bonds is 0. The van der Waals surface area contributed by atoms with E-state index in [0.717, 1.165) is 11.4 Å². The summed E-state index contributed by atoms with van der Waals surface area (Å²) in [5.41, 5.74) is 1.96. The summed E-state index contributed by atoms with van der Waals surface area (Å²) >= 11 is 0. The van der Waals surface area contributed by atoms with Gasteiger partial charge in [0.15, 0.2) is 17.3 Å². The fraction of sp³-hybridized carbons (Fsp3) is 0.333. The molecule has 0 spiro atoms. The van der Waals surface area contributed by atoms with E-state index in [1.54, 1.807) is 6.21 Å². The first-order valence-corrected chi connectivity index (χ1v) is 4.38. The highest BCUT2D eigenvalue weighted by Gasteiger charge is 2.23. The highest BCUT2D eigenvalue weighted by Crippen LogP contribution is 2.24. The Morgan fingerprint density at radius 1 is 1.21 bits per heavy atom. The minimum absolute atomic E-state index is 0.0165. The van der Waals surface area contributed by atoms with Gasteiger partial charge < -0.3 is 4.74 Å². The zero-order valence-corrected chi connectivity index (χ0v) is 7.36. The van der Waals surface area contributed by atoms with E-state index >= 15 is 0 Å². The molecule has 0 fully saturated rings. The summed E-state index contributed by atoms with van der Waals surface area (Å²) in [6.07, 6.45) is 1.89. The van der Waals surface area contributed by atoms with Crippen LogP contribution in [-0.4, -0.2) is 22.0 Å². The Hall–Kier alpha value is -1.62. The monoisotopic (exact) mass is 189 g/mol. The highest BCUT2D eigenvalue weighted by molar-refractivity contribution is 6.07. The third kappa shape index (κ3) is 0.990. The summed E-state index contributed by atoms with van der Waals surface area (Å²) in [4.78, 5) is 24.0. The molecule has 0 bridgehead atoms. The van der Waals surface area contributed by atoms with Crippen molar-refractivity contribution in [1.29, 1.82) is 0 Å². The molecule has 0 radical (unpaired) electrons. The van der Waals surface area contributed by atoms with Crippen LogP contribution in [0.1, 0.15) is 28.3 Å². The van der Waals surface area contributed by atoms with Gasteiger partial charge in [0.2, 0.25) is 0 Å². The largest absolute Gasteiger partial charge is 0.369 e. The molecule has 0 saturated carbocycles. The van der Waals surface area contributed by atoms with E-state index in [4.69, 9.17) is 4.74 Å². The van der Waals surface area contributed by atoms with Crippen molar-refractivity contribution in [1.82, 2.24) is 9.97 Å². The summed E-state index contributed by atoms with van der Waals surface area (Å²) in [5, 5.41) is 0. The summed E-state index contributed by atoms with van der Waals surface area (Å²) < 4.78 is 5.18. The van der Waals surface area contributed by atoms with Crippen molar-refractivity contribution < 1.29 is 9.53 Å². The number of fused-ring (bicyclic) bond motifs is 2. The molecule has 5 heteroatoms. The van der Waals surface area contributed by atoms with Crippen LogP contribution in [0.3, 0.4) is 0 Å². The number of ketones is 1. The van der Waals surface area contributed by atoms with Crippen molar-refractivity contribution in [3.63, 3.8) is 0 Å². The number of carbonyl (C=O) groups is 1. The SMILES string of the molecule is O=C1CC=Nc2nc3c(nc21)COC3. The average molecular weight is 189 g/mol.